The van der Waals surface area contributed by atoms with Gasteiger partial charge in [-0.15, -0.1) is 0 Å². The van der Waals surface area contributed by atoms with Gasteiger partial charge in [-0.25, -0.2) is 28.4 Å². The summed E-state index contributed by atoms with van der Waals surface area (Å²) in [4.78, 5) is 116. The van der Waals surface area contributed by atoms with Crippen LogP contribution in [0.15, 0.2) is 297 Å². The largest absolute Gasteiger partial charge is 0.478 e. The lowest BCUT2D eigenvalue weighted by molar-refractivity contribution is -0.123. The van der Waals surface area contributed by atoms with Gasteiger partial charge < -0.3 is 62.3 Å². The maximum Gasteiger partial charge on any atom is 0.335 e. The maximum absolute atomic E-state index is 13.0. The minimum atomic E-state index is -1.04. The van der Waals surface area contributed by atoms with Crippen molar-refractivity contribution in [2.24, 2.45) is 0 Å². The second-order valence-electron chi connectivity index (χ2n) is 33.9. The second kappa shape index (κ2) is 61.3. The summed E-state index contributed by atoms with van der Waals surface area (Å²) in [5.41, 5.74) is 17.5. The van der Waals surface area contributed by atoms with Crippen LogP contribution in [-0.2, 0) is 94.6 Å². The lowest BCUT2D eigenvalue weighted by atomic mass is 9.95. The molecule has 139 heavy (non-hydrogen) atoms. The Morgan fingerprint density at radius 2 is 0.496 bits per heavy atom. The van der Waals surface area contributed by atoms with Crippen LogP contribution in [0.4, 0.5) is 32.8 Å². The Bertz CT molecular complexity index is 5800. The van der Waals surface area contributed by atoms with Crippen molar-refractivity contribution in [3.8, 4) is 0 Å². The molecule has 0 bridgehead atoms. The van der Waals surface area contributed by atoms with Crippen LogP contribution in [0.2, 0.25) is 0 Å². The SMILES string of the molecule is CC(O)C(=O)Nc1ccccc1CCCCCc1ccccc1C(=O)O.CCC(=O)Nc1ccccc1CCCCCc1ccccc1C(=O)O.CCC(C(=O)Nc1ccccc1CCCCCc1ccccc1C(=O)O)c1ccccc1.O=C(CO)Nc1ccccc1CCCCCc1ccccc1C(=O)O.O=C(Cc1ccc(F)cc1)Nc1ccccc1CCCCCc1ccccc1C(=O)O. The number of aromatic carboxylic acids is 5. The van der Waals surface area contributed by atoms with E-state index in [1.165, 1.54) is 19.1 Å². The number of aliphatic hydroxyl groups excluding tert-OH is 2. The number of nitrogens with one attached hydrogen (secondary N) is 5. The monoisotopic (exact) mass is 1880 g/mol. The lowest BCUT2D eigenvalue weighted by Crippen LogP contribution is -2.25. The molecule has 0 saturated carbocycles. The highest BCUT2D eigenvalue weighted by Gasteiger charge is 2.22. The Morgan fingerprint density at radius 1 is 0.266 bits per heavy atom. The highest BCUT2D eigenvalue weighted by molar-refractivity contribution is 5.98. The first-order valence-corrected chi connectivity index (χ1v) is 47.9. The third-order valence-corrected chi connectivity index (χ3v) is 23.7. The number of carboxylic acids is 5. The molecule has 0 aliphatic rings. The molecule has 0 radical (unpaired) electrons. The lowest BCUT2D eigenvalue weighted by Gasteiger charge is -2.17. The van der Waals surface area contributed by atoms with Crippen molar-refractivity contribution in [2.45, 2.75) is 213 Å². The number of carbonyl (C=O) groups is 10. The molecule has 0 spiro atoms. The zero-order valence-electron chi connectivity index (χ0n) is 79.5. The van der Waals surface area contributed by atoms with Gasteiger partial charge in [-0.05, 0) is 281 Å². The summed E-state index contributed by atoms with van der Waals surface area (Å²) in [7, 11) is 0. The van der Waals surface area contributed by atoms with Gasteiger partial charge in [0.25, 0.3) is 5.91 Å². The second-order valence-corrected chi connectivity index (χ2v) is 33.9. The fourth-order valence-corrected chi connectivity index (χ4v) is 16.2. The molecule has 0 aliphatic carbocycles. The van der Waals surface area contributed by atoms with Gasteiger partial charge in [0.1, 0.15) is 18.5 Å². The van der Waals surface area contributed by atoms with E-state index >= 15 is 0 Å². The van der Waals surface area contributed by atoms with Gasteiger partial charge in [-0.2, -0.15) is 0 Å². The fraction of sp³-hybridized carbons (Fsp3) is 0.293. The van der Waals surface area contributed by atoms with Crippen molar-refractivity contribution in [1.82, 2.24) is 0 Å². The van der Waals surface area contributed by atoms with E-state index in [9.17, 15) is 83.0 Å². The van der Waals surface area contributed by atoms with Crippen LogP contribution in [0.3, 0.4) is 0 Å². The van der Waals surface area contributed by atoms with Crippen molar-refractivity contribution in [3.05, 3.63) is 398 Å². The molecule has 12 N–H and O–H groups in total. The minimum absolute atomic E-state index is 0.0245. The number of hydrogen-bond donors (Lipinski definition) is 12. The predicted octanol–water partition coefficient (Wildman–Crippen LogP) is 23.8. The van der Waals surface area contributed by atoms with Gasteiger partial charge in [-0.3, -0.25) is 24.0 Å². The number of rotatable bonds is 48. The van der Waals surface area contributed by atoms with Crippen molar-refractivity contribution >= 4 is 87.8 Å². The maximum atomic E-state index is 13.0. The van der Waals surface area contributed by atoms with Gasteiger partial charge in [0.05, 0.1) is 40.2 Å². The highest BCUT2D eigenvalue weighted by Crippen LogP contribution is 2.29. The molecular formula is C116H130FN5O17. The Kier molecular flexibility index (Phi) is 48.3. The number of amides is 5. The number of unbranched alkanes of at least 4 members (excludes halogenated alkanes) is 10. The molecule has 12 aromatic rings. The minimum Gasteiger partial charge on any atom is -0.478 e. The van der Waals surface area contributed by atoms with E-state index < -0.39 is 54.4 Å². The van der Waals surface area contributed by atoms with Gasteiger partial charge in [0, 0.05) is 34.9 Å². The molecular weight excluding hydrogens is 1750 g/mol. The van der Waals surface area contributed by atoms with E-state index in [2.05, 4.69) is 32.7 Å². The normalized spacial score (nSPS) is 11.0. The van der Waals surface area contributed by atoms with Crippen LogP contribution in [0.5, 0.6) is 0 Å². The molecule has 0 aliphatic heterocycles. The number of benzene rings is 12. The van der Waals surface area contributed by atoms with Crippen LogP contribution in [0, 0.1) is 5.82 Å². The standard InChI is InChI=1S/C28H31NO3.C26H26FNO3.C21H25NO4.C21H25NO3.C20H23NO4/c1-2-24(21-13-5-3-6-14-21)27(30)29-26-20-12-10-18-23(26)17-8-4-7-15-22-16-9-11-19-25(22)28(31)32;27-22-16-14-19(15-17-22)18-25(29)28-24-13-7-5-11-21(24)10-3-1-2-8-20-9-4-6-12-23(20)26(30)31;1-15(23)20(24)22-19-14-8-6-12-17(19)11-4-2-3-9-16-10-5-7-13-18(16)21(25)26;1-2-20(23)22-19-15-9-7-13-17(19)12-5-3-4-10-16-11-6-8-14-18(16)21(24)25;22-14-19(23)21-18-13-7-5-11-16(18)10-3-1-2-8-15-9-4-6-12-17(15)20(24)25/h3,5-6,9-14,16,18-20,24H,2,4,7-8,15,17H2,1H3,(H,29,30)(H,31,32);4-7,9,11-17H,1-3,8,10,18H2,(H,28,29)(H,30,31);5-8,10,12-15,23H,2-4,9,11H2,1H3,(H,22,24)(H,25,26);6-9,11,13-15H,2-5,10,12H2,1H3,(H,22,23)(H,24,25);4-7,9,11-13,22H,1-3,8,10,14H2,(H,21,23)(H,24,25). The molecule has 2 atom stereocenters. The summed E-state index contributed by atoms with van der Waals surface area (Å²) in [5, 5.41) is 78.9. The van der Waals surface area contributed by atoms with E-state index in [4.69, 9.17) is 5.11 Å². The number of para-hydroxylation sites is 5. The van der Waals surface area contributed by atoms with Crippen molar-refractivity contribution in [3.63, 3.8) is 0 Å². The zero-order valence-corrected chi connectivity index (χ0v) is 79.5. The summed E-state index contributed by atoms with van der Waals surface area (Å²) in [6.07, 6.45) is 22.7. The molecule has 12 aromatic carbocycles. The van der Waals surface area contributed by atoms with Gasteiger partial charge in [0.2, 0.25) is 23.6 Å². The number of halogens is 1. The summed E-state index contributed by atoms with van der Waals surface area (Å²) in [6.45, 7) is 4.78. The van der Waals surface area contributed by atoms with E-state index in [0.717, 1.165) is 262 Å². The first kappa shape index (κ1) is 110. The molecule has 0 heterocycles. The van der Waals surface area contributed by atoms with Gasteiger partial charge in [0.15, 0.2) is 0 Å². The van der Waals surface area contributed by atoms with Crippen LogP contribution in [0.25, 0.3) is 0 Å². The Hall–Kier alpha value is -14.8. The van der Waals surface area contributed by atoms with Gasteiger partial charge in [-0.1, -0.05) is 270 Å². The molecule has 22 nitrogen and oxygen atoms in total. The van der Waals surface area contributed by atoms with Crippen LogP contribution in [-0.4, -0.2) is 108 Å². The Labute approximate surface area is 814 Å². The summed E-state index contributed by atoms with van der Waals surface area (Å²) in [6, 6.07) is 90.3. The molecule has 12 rings (SSSR count). The quantitative estimate of drug-likeness (QED) is 0.0158. The van der Waals surface area contributed by atoms with Crippen molar-refractivity contribution in [1.29, 1.82) is 0 Å². The molecule has 5 amide bonds. The predicted molar refractivity (Wildman–Crippen MR) is 547 cm³/mol. The van der Waals surface area contributed by atoms with Crippen LogP contribution < -0.4 is 26.6 Å². The van der Waals surface area contributed by atoms with E-state index in [1.807, 2.05) is 220 Å². The average molecular weight is 1890 g/mol. The molecule has 23 heteroatoms. The third-order valence-electron chi connectivity index (χ3n) is 23.7. The summed E-state index contributed by atoms with van der Waals surface area (Å²) >= 11 is 0. The molecule has 0 fully saturated rings. The van der Waals surface area contributed by atoms with Crippen LogP contribution >= 0.6 is 0 Å². The Morgan fingerprint density at radius 3 is 0.755 bits per heavy atom. The van der Waals surface area contributed by atoms with E-state index in [1.54, 1.807) is 72.8 Å². The molecule has 2 unspecified atom stereocenters. The number of hydrogen-bond acceptors (Lipinski definition) is 12. The Balaban J connectivity index is 0.000000214. The molecule has 728 valence electrons. The summed E-state index contributed by atoms with van der Waals surface area (Å²) < 4.78 is 13.0. The van der Waals surface area contributed by atoms with Gasteiger partial charge >= 0.3 is 29.8 Å². The number of anilines is 5. The highest BCUT2D eigenvalue weighted by atomic mass is 19.1. The first-order chi connectivity index (χ1) is 67.3. The van der Waals surface area contributed by atoms with E-state index in [0.29, 0.717) is 34.2 Å². The summed E-state index contributed by atoms with van der Waals surface area (Å²) in [5.74, 6) is -5.80. The number of aryl methyl sites for hydroxylation is 10. The first-order valence-electron chi connectivity index (χ1n) is 47.9. The van der Waals surface area contributed by atoms with Crippen molar-refractivity contribution in [2.75, 3.05) is 33.2 Å². The van der Waals surface area contributed by atoms with Crippen molar-refractivity contribution < 1.29 is 88.1 Å². The number of aliphatic hydroxyl groups is 2. The zero-order chi connectivity index (χ0) is 99.9. The smallest absolute Gasteiger partial charge is 0.335 e. The molecule has 0 aromatic heterocycles. The fourth-order valence-electron chi connectivity index (χ4n) is 16.2. The molecule has 0 saturated heterocycles. The average Bonchev–Trinajstić information content (AvgIpc) is 0.830. The van der Waals surface area contributed by atoms with Crippen LogP contribution in [0.1, 0.15) is 254 Å². The topological polar surface area (TPSA) is 372 Å². The third kappa shape index (κ3) is 39.1. The number of carbonyl (C=O) groups excluding carboxylic acids is 5. The van der Waals surface area contributed by atoms with E-state index in [-0.39, 0.29) is 35.9 Å². The number of carboxylic acid groups (broad SMARTS) is 5.